The summed E-state index contributed by atoms with van der Waals surface area (Å²) in [5.41, 5.74) is 3.53. The minimum Gasteiger partial charge on any atom is -0.452 e. The molecule has 0 radical (unpaired) electrons. The number of anilines is 1. The van der Waals surface area contributed by atoms with Crippen LogP contribution in [0.3, 0.4) is 0 Å². The fourth-order valence-corrected chi connectivity index (χ4v) is 2.06. The monoisotopic (exact) mass is 352 g/mol. The van der Waals surface area contributed by atoms with Crippen molar-refractivity contribution in [3.05, 3.63) is 71.3 Å². The Labute approximate surface area is 151 Å². The fourth-order valence-electron chi connectivity index (χ4n) is 2.06. The first-order valence-electron chi connectivity index (χ1n) is 8.02. The van der Waals surface area contributed by atoms with Gasteiger partial charge in [0.15, 0.2) is 6.61 Å². The Morgan fingerprint density at radius 2 is 1.73 bits per heavy atom. The standard InChI is InChI=1S/C20H20N2O4/c1-14-8-10-17(12-15(14)2)21-20(25)22-18(23)13-26-19(24)11-9-16-6-4-3-5-7-16/h3-12H,13H2,1-2H3,(H2,21,22,23,25)/b11-9+. The van der Waals surface area contributed by atoms with Crippen LogP contribution in [0.5, 0.6) is 0 Å². The van der Waals surface area contributed by atoms with Crippen LogP contribution in [0.15, 0.2) is 54.6 Å². The van der Waals surface area contributed by atoms with Crippen molar-refractivity contribution in [3.63, 3.8) is 0 Å². The smallest absolute Gasteiger partial charge is 0.331 e. The molecule has 134 valence electrons. The van der Waals surface area contributed by atoms with E-state index < -0.39 is 24.5 Å². The SMILES string of the molecule is Cc1ccc(NC(=O)NC(=O)COC(=O)/C=C/c2ccccc2)cc1C. The van der Waals surface area contributed by atoms with E-state index >= 15 is 0 Å². The van der Waals surface area contributed by atoms with Crippen molar-refractivity contribution >= 4 is 29.7 Å². The molecule has 0 aliphatic rings. The van der Waals surface area contributed by atoms with Gasteiger partial charge in [0.25, 0.3) is 5.91 Å². The van der Waals surface area contributed by atoms with Crippen LogP contribution in [0, 0.1) is 13.8 Å². The second-order valence-corrected chi connectivity index (χ2v) is 5.65. The van der Waals surface area contributed by atoms with E-state index in [0.29, 0.717) is 5.69 Å². The van der Waals surface area contributed by atoms with Gasteiger partial charge in [-0.3, -0.25) is 10.1 Å². The van der Waals surface area contributed by atoms with Crippen LogP contribution in [-0.4, -0.2) is 24.5 Å². The molecule has 2 N–H and O–H groups in total. The van der Waals surface area contributed by atoms with E-state index in [1.807, 2.05) is 50.2 Å². The highest BCUT2D eigenvalue weighted by Crippen LogP contribution is 2.13. The van der Waals surface area contributed by atoms with Gasteiger partial charge in [-0.05, 0) is 48.7 Å². The van der Waals surface area contributed by atoms with Gasteiger partial charge in [0.05, 0.1) is 0 Å². The van der Waals surface area contributed by atoms with Gasteiger partial charge in [-0.25, -0.2) is 9.59 Å². The number of aryl methyl sites for hydroxylation is 2. The van der Waals surface area contributed by atoms with Crippen LogP contribution in [-0.2, 0) is 14.3 Å². The molecule has 0 atom stereocenters. The molecule has 0 aromatic heterocycles. The summed E-state index contributed by atoms with van der Waals surface area (Å²) in [5, 5.41) is 4.65. The lowest BCUT2D eigenvalue weighted by Crippen LogP contribution is -2.37. The first-order valence-corrected chi connectivity index (χ1v) is 8.02. The second-order valence-electron chi connectivity index (χ2n) is 5.65. The summed E-state index contributed by atoms with van der Waals surface area (Å²) in [6, 6.07) is 13.9. The second kappa shape index (κ2) is 9.17. The Morgan fingerprint density at radius 3 is 2.42 bits per heavy atom. The Morgan fingerprint density at radius 1 is 1.00 bits per heavy atom. The molecule has 0 fully saturated rings. The topological polar surface area (TPSA) is 84.5 Å². The number of hydrogen-bond acceptors (Lipinski definition) is 4. The molecule has 6 heteroatoms. The van der Waals surface area contributed by atoms with Crippen molar-refractivity contribution in [2.75, 3.05) is 11.9 Å². The normalized spacial score (nSPS) is 10.4. The summed E-state index contributed by atoms with van der Waals surface area (Å²) < 4.78 is 4.79. The number of esters is 1. The predicted octanol–water partition coefficient (Wildman–Crippen LogP) is 3.21. The van der Waals surface area contributed by atoms with Crippen LogP contribution in [0.1, 0.15) is 16.7 Å². The minimum atomic E-state index is -0.715. The summed E-state index contributed by atoms with van der Waals surface area (Å²) in [5.74, 6) is -1.38. The maximum Gasteiger partial charge on any atom is 0.331 e. The Balaban J connectivity index is 1.75. The number of imide groups is 1. The zero-order valence-electron chi connectivity index (χ0n) is 14.6. The van der Waals surface area contributed by atoms with Gasteiger partial charge in [0.1, 0.15) is 0 Å². The lowest BCUT2D eigenvalue weighted by molar-refractivity contribution is -0.143. The van der Waals surface area contributed by atoms with E-state index in [0.717, 1.165) is 16.7 Å². The molecule has 0 bridgehead atoms. The maximum absolute atomic E-state index is 11.8. The molecule has 0 heterocycles. The highest BCUT2D eigenvalue weighted by atomic mass is 16.5. The molecule has 0 saturated carbocycles. The van der Waals surface area contributed by atoms with Gasteiger partial charge in [0.2, 0.25) is 0 Å². The number of ether oxygens (including phenoxy) is 1. The first-order chi connectivity index (χ1) is 12.4. The largest absolute Gasteiger partial charge is 0.452 e. The molecular formula is C20H20N2O4. The van der Waals surface area contributed by atoms with Gasteiger partial charge in [-0.2, -0.15) is 0 Å². The molecule has 26 heavy (non-hydrogen) atoms. The number of hydrogen-bond donors (Lipinski definition) is 2. The van der Waals surface area contributed by atoms with E-state index in [2.05, 4.69) is 10.6 Å². The van der Waals surface area contributed by atoms with Crippen molar-refractivity contribution in [2.24, 2.45) is 0 Å². The molecule has 0 aliphatic heterocycles. The number of carbonyl (C=O) groups is 3. The summed E-state index contributed by atoms with van der Waals surface area (Å²) in [6.45, 7) is 3.34. The highest BCUT2D eigenvalue weighted by Gasteiger charge is 2.10. The van der Waals surface area contributed by atoms with Crippen LogP contribution >= 0.6 is 0 Å². The maximum atomic E-state index is 11.8. The van der Waals surface area contributed by atoms with Gasteiger partial charge < -0.3 is 10.1 Å². The van der Waals surface area contributed by atoms with E-state index in [-0.39, 0.29) is 0 Å². The van der Waals surface area contributed by atoms with Gasteiger partial charge >= 0.3 is 12.0 Å². The highest BCUT2D eigenvalue weighted by molar-refractivity contribution is 6.02. The Kier molecular flexibility index (Phi) is 6.68. The van der Waals surface area contributed by atoms with Crippen LogP contribution in [0.2, 0.25) is 0 Å². The van der Waals surface area contributed by atoms with E-state index in [1.165, 1.54) is 6.08 Å². The number of nitrogens with one attached hydrogen (secondary N) is 2. The van der Waals surface area contributed by atoms with E-state index in [4.69, 9.17) is 4.74 Å². The number of urea groups is 1. The van der Waals surface area contributed by atoms with Crippen molar-refractivity contribution in [2.45, 2.75) is 13.8 Å². The number of rotatable bonds is 5. The summed E-state index contributed by atoms with van der Waals surface area (Å²) in [6.07, 6.45) is 2.80. The van der Waals surface area contributed by atoms with E-state index in [9.17, 15) is 14.4 Å². The molecule has 0 aliphatic carbocycles. The van der Waals surface area contributed by atoms with Gasteiger partial charge in [-0.1, -0.05) is 36.4 Å². The molecule has 3 amide bonds. The average Bonchev–Trinajstić information content (AvgIpc) is 2.62. The molecular weight excluding hydrogens is 332 g/mol. The van der Waals surface area contributed by atoms with Crippen molar-refractivity contribution in [3.8, 4) is 0 Å². The Hall–Kier alpha value is -3.41. The number of amides is 3. The van der Waals surface area contributed by atoms with Gasteiger partial charge in [-0.15, -0.1) is 0 Å². The number of carbonyl (C=O) groups excluding carboxylic acids is 3. The molecule has 6 nitrogen and oxygen atoms in total. The summed E-state index contributed by atoms with van der Waals surface area (Å²) in [4.78, 5) is 35.0. The molecule has 2 aromatic carbocycles. The zero-order chi connectivity index (χ0) is 18.9. The Bertz CT molecular complexity index is 829. The molecule has 0 spiro atoms. The zero-order valence-corrected chi connectivity index (χ0v) is 14.6. The first kappa shape index (κ1) is 18.9. The van der Waals surface area contributed by atoms with Crippen molar-refractivity contribution in [1.29, 1.82) is 0 Å². The van der Waals surface area contributed by atoms with Crippen LogP contribution in [0.4, 0.5) is 10.5 Å². The fraction of sp³-hybridized carbons (Fsp3) is 0.150. The minimum absolute atomic E-state index is 0.543. The lowest BCUT2D eigenvalue weighted by Gasteiger charge is -2.08. The molecule has 0 saturated heterocycles. The third-order valence-electron chi connectivity index (χ3n) is 3.57. The summed E-state index contributed by atoms with van der Waals surface area (Å²) >= 11 is 0. The summed E-state index contributed by atoms with van der Waals surface area (Å²) in [7, 11) is 0. The third-order valence-corrected chi connectivity index (χ3v) is 3.57. The van der Waals surface area contributed by atoms with Crippen LogP contribution in [0.25, 0.3) is 6.08 Å². The van der Waals surface area contributed by atoms with E-state index in [1.54, 1.807) is 18.2 Å². The predicted molar refractivity (Wildman–Crippen MR) is 99.5 cm³/mol. The van der Waals surface area contributed by atoms with Gasteiger partial charge in [0, 0.05) is 11.8 Å². The van der Waals surface area contributed by atoms with Crippen molar-refractivity contribution in [1.82, 2.24) is 5.32 Å². The molecule has 2 rings (SSSR count). The van der Waals surface area contributed by atoms with Crippen LogP contribution < -0.4 is 10.6 Å². The lowest BCUT2D eigenvalue weighted by atomic mass is 10.1. The molecule has 0 unspecified atom stereocenters. The van der Waals surface area contributed by atoms with Crippen molar-refractivity contribution < 1.29 is 19.1 Å². The average molecular weight is 352 g/mol. The third kappa shape index (κ3) is 6.24. The quantitative estimate of drug-likeness (QED) is 0.639. The molecule has 2 aromatic rings. The number of benzene rings is 2.